The van der Waals surface area contributed by atoms with Crippen molar-refractivity contribution >= 4 is 49.5 Å². The van der Waals surface area contributed by atoms with Gasteiger partial charge in [-0.25, -0.2) is 9.97 Å². The van der Waals surface area contributed by atoms with E-state index in [2.05, 4.69) is 49.4 Å². The fraction of sp³-hybridized carbons (Fsp3) is 0.278. The van der Waals surface area contributed by atoms with Gasteiger partial charge in [0, 0.05) is 42.2 Å². The Balaban J connectivity index is 1.74. The van der Waals surface area contributed by atoms with Crippen LogP contribution in [0.15, 0.2) is 28.2 Å². The number of ether oxygens (including phenoxy) is 1. The molecule has 5 rings (SSSR count). The summed E-state index contributed by atoms with van der Waals surface area (Å²) in [6, 6.07) is 2.06. The fourth-order valence-electron chi connectivity index (χ4n) is 3.33. The molecule has 1 fully saturated rings. The Bertz CT molecular complexity index is 994. The van der Waals surface area contributed by atoms with Crippen molar-refractivity contribution in [2.75, 3.05) is 31.2 Å². The molecule has 0 saturated carbocycles. The van der Waals surface area contributed by atoms with Crippen LogP contribution in [-0.2, 0) is 11.2 Å². The van der Waals surface area contributed by atoms with E-state index in [1.165, 1.54) is 5.56 Å². The van der Waals surface area contributed by atoms with Crippen LogP contribution in [0.4, 0.5) is 5.95 Å². The Morgan fingerprint density at radius 3 is 2.96 bits per heavy atom. The Morgan fingerprint density at radius 1 is 1.20 bits per heavy atom. The second-order valence-corrected chi connectivity index (χ2v) is 7.79. The highest BCUT2D eigenvalue weighted by molar-refractivity contribution is 9.10. The zero-order valence-corrected chi connectivity index (χ0v) is 15.8. The lowest BCUT2D eigenvalue weighted by atomic mass is 10.1. The maximum Gasteiger partial charge on any atom is 0.226 e. The van der Waals surface area contributed by atoms with Crippen LogP contribution < -0.4 is 4.90 Å². The van der Waals surface area contributed by atoms with Gasteiger partial charge in [0.15, 0.2) is 0 Å². The first-order chi connectivity index (χ1) is 12.3. The van der Waals surface area contributed by atoms with Crippen molar-refractivity contribution in [2.24, 2.45) is 0 Å². The SMILES string of the molecule is Brc1csc2c(-c3ccnc4c3C=CC4)nc(N3CCOCC3)nc12. The molecule has 0 aromatic carbocycles. The topological polar surface area (TPSA) is 51.1 Å². The third kappa shape index (κ3) is 2.58. The number of pyridine rings is 1. The smallest absolute Gasteiger partial charge is 0.226 e. The van der Waals surface area contributed by atoms with E-state index in [4.69, 9.17) is 14.7 Å². The van der Waals surface area contributed by atoms with Gasteiger partial charge in [0.25, 0.3) is 0 Å². The summed E-state index contributed by atoms with van der Waals surface area (Å²) >= 11 is 5.32. The lowest BCUT2D eigenvalue weighted by molar-refractivity contribution is 0.122. The van der Waals surface area contributed by atoms with Crippen molar-refractivity contribution in [3.63, 3.8) is 0 Å². The molecule has 3 aromatic rings. The summed E-state index contributed by atoms with van der Waals surface area (Å²) < 4.78 is 7.60. The molecular formula is C18H15BrN4OS. The largest absolute Gasteiger partial charge is 0.378 e. The lowest BCUT2D eigenvalue weighted by Crippen LogP contribution is -2.37. The van der Waals surface area contributed by atoms with Crippen LogP contribution in [0.5, 0.6) is 0 Å². The molecule has 0 bridgehead atoms. The minimum atomic E-state index is 0.717. The zero-order valence-electron chi connectivity index (χ0n) is 13.4. The molecule has 4 heterocycles. The monoisotopic (exact) mass is 414 g/mol. The normalized spacial score (nSPS) is 16.6. The molecule has 1 aliphatic heterocycles. The molecule has 0 amide bonds. The summed E-state index contributed by atoms with van der Waals surface area (Å²) in [5.41, 5.74) is 5.40. The van der Waals surface area contributed by atoms with Crippen LogP contribution in [0.3, 0.4) is 0 Å². The van der Waals surface area contributed by atoms with Crippen molar-refractivity contribution < 1.29 is 4.74 Å². The summed E-state index contributed by atoms with van der Waals surface area (Å²) in [4.78, 5) is 16.5. The van der Waals surface area contributed by atoms with Gasteiger partial charge >= 0.3 is 0 Å². The van der Waals surface area contributed by atoms with E-state index in [9.17, 15) is 0 Å². The molecule has 2 aliphatic rings. The molecule has 25 heavy (non-hydrogen) atoms. The van der Waals surface area contributed by atoms with E-state index in [0.29, 0.717) is 0 Å². The second kappa shape index (κ2) is 6.16. The number of rotatable bonds is 2. The molecule has 3 aromatic heterocycles. The molecule has 126 valence electrons. The summed E-state index contributed by atoms with van der Waals surface area (Å²) in [5, 5.41) is 2.09. The van der Waals surface area contributed by atoms with Gasteiger partial charge in [0.05, 0.1) is 33.8 Å². The van der Waals surface area contributed by atoms with Gasteiger partial charge in [-0.2, -0.15) is 0 Å². The first-order valence-electron chi connectivity index (χ1n) is 8.23. The van der Waals surface area contributed by atoms with Crippen LogP contribution in [0.1, 0.15) is 11.3 Å². The molecule has 0 N–H and O–H groups in total. The number of allylic oxidation sites excluding steroid dienone is 1. The van der Waals surface area contributed by atoms with Gasteiger partial charge in [-0.05, 0) is 22.0 Å². The van der Waals surface area contributed by atoms with E-state index >= 15 is 0 Å². The van der Waals surface area contributed by atoms with E-state index < -0.39 is 0 Å². The first kappa shape index (κ1) is 15.4. The van der Waals surface area contributed by atoms with Crippen LogP contribution in [0.2, 0.25) is 0 Å². The van der Waals surface area contributed by atoms with Crippen molar-refractivity contribution in [1.29, 1.82) is 0 Å². The number of thiophene rings is 1. The minimum Gasteiger partial charge on any atom is -0.378 e. The Labute approximate surface area is 157 Å². The average Bonchev–Trinajstić information content (AvgIpc) is 3.28. The summed E-state index contributed by atoms with van der Waals surface area (Å²) in [7, 11) is 0. The number of nitrogens with zero attached hydrogens (tertiary/aromatic N) is 4. The van der Waals surface area contributed by atoms with Crippen molar-refractivity contribution in [2.45, 2.75) is 6.42 Å². The average molecular weight is 415 g/mol. The molecule has 1 saturated heterocycles. The number of halogens is 1. The van der Waals surface area contributed by atoms with E-state index in [-0.39, 0.29) is 0 Å². The van der Waals surface area contributed by atoms with E-state index in [1.54, 1.807) is 11.3 Å². The van der Waals surface area contributed by atoms with Gasteiger partial charge in [0.1, 0.15) is 5.52 Å². The van der Waals surface area contributed by atoms with Gasteiger partial charge in [-0.15, -0.1) is 11.3 Å². The molecule has 0 radical (unpaired) electrons. The molecule has 0 spiro atoms. The standard InChI is InChI=1S/C18H15BrN4OS/c19-13-10-25-17-15(12-4-5-20-14-3-1-2-11(12)14)21-18(22-16(13)17)23-6-8-24-9-7-23/h1-2,4-5,10H,3,6-9H2. The maximum absolute atomic E-state index is 5.47. The summed E-state index contributed by atoms with van der Waals surface area (Å²) in [6.45, 7) is 3.08. The van der Waals surface area contributed by atoms with E-state index in [1.807, 2.05) is 6.20 Å². The molecule has 5 nitrogen and oxygen atoms in total. The van der Waals surface area contributed by atoms with Crippen LogP contribution in [0, 0.1) is 0 Å². The highest BCUT2D eigenvalue weighted by Crippen LogP contribution is 2.39. The molecule has 7 heteroatoms. The minimum absolute atomic E-state index is 0.717. The van der Waals surface area contributed by atoms with Crippen molar-refractivity contribution in [3.05, 3.63) is 39.4 Å². The predicted octanol–water partition coefficient (Wildman–Crippen LogP) is 3.92. The third-order valence-corrected chi connectivity index (χ3v) is 6.46. The Hall–Kier alpha value is -1.83. The quantitative estimate of drug-likeness (QED) is 0.635. The van der Waals surface area contributed by atoms with Gasteiger partial charge in [-0.3, -0.25) is 4.98 Å². The summed E-state index contributed by atoms with van der Waals surface area (Å²) in [6.07, 6.45) is 7.09. The molecule has 1 aliphatic carbocycles. The van der Waals surface area contributed by atoms with Gasteiger partial charge in [0.2, 0.25) is 5.95 Å². The first-order valence-corrected chi connectivity index (χ1v) is 9.91. The maximum atomic E-state index is 5.47. The zero-order chi connectivity index (χ0) is 16.8. The lowest BCUT2D eigenvalue weighted by Gasteiger charge is -2.27. The van der Waals surface area contributed by atoms with Crippen molar-refractivity contribution in [1.82, 2.24) is 15.0 Å². The van der Waals surface area contributed by atoms with Crippen LogP contribution >= 0.6 is 27.3 Å². The highest BCUT2D eigenvalue weighted by atomic mass is 79.9. The highest BCUT2D eigenvalue weighted by Gasteiger charge is 2.22. The number of fused-ring (bicyclic) bond motifs is 2. The number of hydrogen-bond donors (Lipinski definition) is 0. The Kier molecular flexibility index (Phi) is 3.80. The van der Waals surface area contributed by atoms with Gasteiger partial charge in [-0.1, -0.05) is 12.2 Å². The van der Waals surface area contributed by atoms with E-state index in [0.717, 1.165) is 70.3 Å². The van der Waals surface area contributed by atoms with Crippen LogP contribution in [-0.4, -0.2) is 41.3 Å². The number of aromatic nitrogens is 3. The molecule has 0 unspecified atom stereocenters. The summed E-state index contributed by atoms with van der Waals surface area (Å²) in [5.74, 6) is 0.775. The molecule has 0 atom stereocenters. The number of morpholine rings is 1. The van der Waals surface area contributed by atoms with Gasteiger partial charge < -0.3 is 9.64 Å². The second-order valence-electron chi connectivity index (χ2n) is 6.06. The number of anilines is 1. The number of hydrogen-bond acceptors (Lipinski definition) is 6. The van der Waals surface area contributed by atoms with Crippen molar-refractivity contribution in [3.8, 4) is 11.3 Å². The third-order valence-electron chi connectivity index (χ3n) is 4.58. The van der Waals surface area contributed by atoms with Crippen LogP contribution in [0.25, 0.3) is 27.6 Å². The predicted molar refractivity (Wildman–Crippen MR) is 104 cm³/mol. The Morgan fingerprint density at radius 2 is 2.08 bits per heavy atom. The fourth-order valence-corrected chi connectivity index (χ4v) is 4.89. The molecular weight excluding hydrogens is 400 g/mol.